The van der Waals surface area contributed by atoms with Crippen molar-refractivity contribution in [3.8, 4) is 0 Å². The molecule has 1 heterocycles. The monoisotopic (exact) mass is 346 g/mol. The molecule has 0 spiro atoms. The van der Waals surface area contributed by atoms with Crippen LogP contribution in [0, 0.1) is 0 Å². The predicted molar refractivity (Wildman–Crippen MR) is 90.2 cm³/mol. The highest BCUT2D eigenvalue weighted by atomic mass is 32.2. The van der Waals surface area contributed by atoms with Gasteiger partial charge < -0.3 is 14.8 Å². The summed E-state index contributed by atoms with van der Waals surface area (Å²) in [5.74, 6) is 0.475. The molecule has 6 nitrogen and oxygen atoms in total. The fourth-order valence-electron chi connectivity index (χ4n) is 2.67. The maximum absolute atomic E-state index is 11.5. The molecular formula is C17H18N2O4S. The number of hydrogen-bond acceptors (Lipinski definition) is 5. The third-order valence-corrected chi connectivity index (χ3v) is 5.05. The lowest BCUT2D eigenvalue weighted by Gasteiger charge is -2.15. The number of imidazole rings is 1. The molecule has 3 rings (SSSR count). The Morgan fingerprint density at radius 1 is 1.12 bits per heavy atom. The Morgan fingerprint density at radius 2 is 1.79 bits per heavy atom. The molecule has 0 aliphatic carbocycles. The van der Waals surface area contributed by atoms with E-state index < -0.39 is 15.9 Å². The molecule has 0 saturated heterocycles. The van der Waals surface area contributed by atoms with Crippen LogP contribution in [0.25, 0.3) is 11.0 Å². The number of sulfone groups is 1. The minimum Gasteiger partial charge on any atom is -0.388 e. The van der Waals surface area contributed by atoms with E-state index in [-0.39, 0.29) is 18.0 Å². The Hall–Kier alpha value is -2.22. The number of nitrogens with zero attached hydrogens (tertiary/aromatic N) is 2. The molecule has 2 aromatic carbocycles. The van der Waals surface area contributed by atoms with Crippen LogP contribution in [0.2, 0.25) is 0 Å². The molecule has 2 N–H and O–H groups in total. The van der Waals surface area contributed by atoms with Crippen LogP contribution in [0.4, 0.5) is 0 Å². The van der Waals surface area contributed by atoms with Gasteiger partial charge in [0.1, 0.15) is 12.4 Å². The number of aliphatic hydroxyl groups is 2. The highest BCUT2D eigenvalue weighted by molar-refractivity contribution is 7.90. The van der Waals surface area contributed by atoms with E-state index in [1.165, 1.54) is 12.1 Å². The highest BCUT2D eigenvalue weighted by Crippen LogP contribution is 2.22. The Kier molecular flexibility index (Phi) is 4.40. The number of fused-ring (bicyclic) bond motifs is 1. The van der Waals surface area contributed by atoms with Crippen LogP contribution in [0.5, 0.6) is 0 Å². The maximum atomic E-state index is 11.5. The Bertz CT molecular complexity index is 962. The Balaban J connectivity index is 1.91. The second-order valence-corrected chi connectivity index (χ2v) is 7.66. The summed E-state index contributed by atoms with van der Waals surface area (Å²) in [6.45, 7) is -0.0109. The van der Waals surface area contributed by atoms with Crippen molar-refractivity contribution in [2.24, 2.45) is 0 Å². The number of benzene rings is 2. The predicted octanol–water partition coefficient (Wildman–Crippen LogP) is 1.67. The first-order chi connectivity index (χ1) is 11.4. The zero-order valence-corrected chi connectivity index (χ0v) is 13.9. The summed E-state index contributed by atoms with van der Waals surface area (Å²) in [7, 11) is -3.26. The Labute approximate surface area is 139 Å². The molecule has 0 fully saturated rings. The van der Waals surface area contributed by atoms with Crippen LogP contribution in [0.1, 0.15) is 17.5 Å². The van der Waals surface area contributed by atoms with E-state index in [9.17, 15) is 18.6 Å². The lowest BCUT2D eigenvalue weighted by Crippen LogP contribution is -2.12. The van der Waals surface area contributed by atoms with Gasteiger partial charge in [-0.15, -0.1) is 0 Å². The van der Waals surface area contributed by atoms with Gasteiger partial charge in [-0.1, -0.05) is 24.3 Å². The van der Waals surface area contributed by atoms with E-state index in [4.69, 9.17) is 0 Å². The quantitative estimate of drug-likeness (QED) is 0.733. The summed E-state index contributed by atoms with van der Waals surface area (Å²) >= 11 is 0. The molecule has 0 unspecified atom stereocenters. The summed E-state index contributed by atoms with van der Waals surface area (Å²) in [5, 5.41) is 20.0. The minimum absolute atomic E-state index is 0.211. The first-order valence-electron chi connectivity index (χ1n) is 7.43. The molecule has 0 bridgehead atoms. The van der Waals surface area contributed by atoms with Gasteiger partial charge in [0, 0.05) is 6.26 Å². The molecule has 126 valence electrons. The topological polar surface area (TPSA) is 92.4 Å². The first-order valence-corrected chi connectivity index (χ1v) is 9.32. The van der Waals surface area contributed by atoms with Crippen LogP contribution >= 0.6 is 0 Å². The number of aliphatic hydroxyl groups excluding tert-OH is 2. The molecule has 0 saturated carbocycles. The van der Waals surface area contributed by atoms with Gasteiger partial charge in [-0.3, -0.25) is 0 Å². The van der Waals surface area contributed by atoms with E-state index in [1.54, 1.807) is 16.7 Å². The second-order valence-electron chi connectivity index (χ2n) is 5.64. The largest absolute Gasteiger partial charge is 0.388 e. The van der Waals surface area contributed by atoms with Crippen molar-refractivity contribution in [1.29, 1.82) is 0 Å². The molecule has 1 aromatic heterocycles. The van der Waals surface area contributed by atoms with Crippen molar-refractivity contribution in [3.05, 3.63) is 59.9 Å². The maximum Gasteiger partial charge on any atom is 0.175 e. The first kappa shape index (κ1) is 16.6. The third kappa shape index (κ3) is 3.19. The number of hydrogen-bond donors (Lipinski definition) is 2. The average Bonchev–Trinajstić information content (AvgIpc) is 2.92. The molecule has 1 atom stereocenters. The summed E-state index contributed by atoms with van der Waals surface area (Å²) in [6.07, 6.45) is 0.297. The van der Waals surface area contributed by atoms with E-state index in [1.807, 2.05) is 24.3 Å². The third-order valence-electron chi connectivity index (χ3n) is 3.92. The zero-order chi connectivity index (χ0) is 17.3. The molecule has 0 aliphatic rings. The van der Waals surface area contributed by atoms with Gasteiger partial charge in [0.2, 0.25) is 0 Å². The summed E-state index contributed by atoms with van der Waals surface area (Å²) in [4.78, 5) is 4.56. The van der Waals surface area contributed by atoms with E-state index in [0.717, 1.165) is 17.3 Å². The van der Waals surface area contributed by atoms with Gasteiger partial charge in [0.15, 0.2) is 9.84 Å². The SMILES string of the molecule is CS(=O)(=O)c1ccc([C@@H](O)Cn2c(CO)nc3ccccc32)cc1. The fourth-order valence-corrected chi connectivity index (χ4v) is 3.30. The molecule has 0 amide bonds. The number of aromatic nitrogens is 2. The Morgan fingerprint density at radius 3 is 2.42 bits per heavy atom. The standard InChI is InChI=1S/C17H18N2O4S/c1-24(22,23)13-8-6-12(7-9-13)16(21)10-19-15-5-3-2-4-14(15)18-17(19)11-20/h2-9,16,20-21H,10-11H2,1H3/t16-/m0/s1. The normalized spacial score (nSPS) is 13.3. The van der Waals surface area contributed by atoms with Crippen molar-refractivity contribution in [2.45, 2.75) is 24.2 Å². The van der Waals surface area contributed by atoms with Crippen molar-refractivity contribution in [3.63, 3.8) is 0 Å². The van der Waals surface area contributed by atoms with Crippen molar-refractivity contribution >= 4 is 20.9 Å². The molecule has 3 aromatic rings. The molecule has 7 heteroatoms. The lowest BCUT2D eigenvalue weighted by atomic mass is 10.1. The summed E-state index contributed by atoms with van der Waals surface area (Å²) in [6, 6.07) is 13.6. The van der Waals surface area contributed by atoms with Crippen molar-refractivity contribution in [2.75, 3.05) is 6.26 Å². The number of rotatable bonds is 5. The molecule has 0 aliphatic heterocycles. The van der Waals surface area contributed by atoms with Crippen LogP contribution < -0.4 is 0 Å². The van der Waals surface area contributed by atoms with Gasteiger partial charge in [0.05, 0.1) is 28.6 Å². The van der Waals surface area contributed by atoms with Gasteiger partial charge in [-0.2, -0.15) is 0 Å². The molecule has 0 radical (unpaired) electrons. The van der Waals surface area contributed by atoms with Gasteiger partial charge in [-0.05, 0) is 29.8 Å². The minimum atomic E-state index is -3.26. The van der Waals surface area contributed by atoms with Crippen LogP contribution in [0.15, 0.2) is 53.4 Å². The second kappa shape index (κ2) is 6.35. The summed E-state index contributed by atoms with van der Waals surface area (Å²) < 4.78 is 24.8. The van der Waals surface area contributed by atoms with Gasteiger partial charge in [-0.25, -0.2) is 13.4 Å². The summed E-state index contributed by atoms with van der Waals surface area (Å²) in [5.41, 5.74) is 2.18. The smallest absolute Gasteiger partial charge is 0.175 e. The lowest BCUT2D eigenvalue weighted by molar-refractivity contribution is 0.153. The van der Waals surface area contributed by atoms with Gasteiger partial charge >= 0.3 is 0 Å². The van der Waals surface area contributed by atoms with Crippen LogP contribution in [-0.4, -0.2) is 34.4 Å². The fraction of sp³-hybridized carbons (Fsp3) is 0.235. The average molecular weight is 346 g/mol. The van der Waals surface area contributed by atoms with Gasteiger partial charge in [0.25, 0.3) is 0 Å². The van der Waals surface area contributed by atoms with Crippen molar-refractivity contribution in [1.82, 2.24) is 9.55 Å². The van der Waals surface area contributed by atoms with E-state index >= 15 is 0 Å². The molecule has 24 heavy (non-hydrogen) atoms. The number of para-hydroxylation sites is 2. The van der Waals surface area contributed by atoms with Crippen LogP contribution in [0.3, 0.4) is 0 Å². The van der Waals surface area contributed by atoms with Crippen molar-refractivity contribution < 1.29 is 18.6 Å². The molecular weight excluding hydrogens is 328 g/mol. The zero-order valence-electron chi connectivity index (χ0n) is 13.1. The van der Waals surface area contributed by atoms with E-state index in [2.05, 4.69) is 4.98 Å². The highest BCUT2D eigenvalue weighted by Gasteiger charge is 2.16. The van der Waals surface area contributed by atoms with E-state index in [0.29, 0.717) is 11.4 Å². The van der Waals surface area contributed by atoms with Crippen LogP contribution in [-0.2, 0) is 23.0 Å².